The molecular weight excluding hydrogens is 428 g/mol. The van der Waals surface area contributed by atoms with Crippen molar-refractivity contribution >= 4 is 5.97 Å². The van der Waals surface area contributed by atoms with Crippen molar-refractivity contribution in [1.82, 2.24) is 9.13 Å². The van der Waals surface area contributed by atoms with Crippen LogP contribution in [0.25, 0.3) is 0 Å². The Labute approximate surface area is 201 Å². The molecule has 0 aliphatic heterocycles. The number of aliphatic carboxylic acids is 1. The maximum absolute atomic E-state index is 12.7. The van der Waals surface area contributed by atoms with Crippen molar-refractivity contribution in [3.8, 4) is 5.75 Å². The van der Waals surface area contributed by atoms with Gasteiger partial charge in [0, 0.05) is 18.9 Å². The van der Waals surface area contributed by atoms with Crippen LogP contribution in [0, 0.1) is 0 Å². The van der Waals surface area contributed by atoms with Gasteiger partial charge in [0.05, 0.1) is 6.54 Å². The van der Waals surface area contributed by atoms with E-state index in [-0.39, 0.29) is 11.1 Å². The fraction of sp³-hybridized carbons (Fsp3) is 0.429. The van der Waals surface area contributed by atoms with Crippen LogP contribution in [0.3, 0.4) is 0 Å². The Morgan fingerprint density at radius 2 is 1.50 bits per heavy atom. The second kappa shape index (κ2) is 9.92. The molecule has 3 aromatic rings. The van der Waals surface area contributed by atoms with E-state index in [2.05, 4.69) is 45.0 Å². The normalized spacial score (nSPS) is 12.1. The minimum atomic E-state index is -1.27. The summed E-state index contributed by atoms with van der Waals surface area (Å²) in [6.07, 6.45) is 4.52. The average Bonchev–Trinajstić information content (AvgIpc) is 3.02. The summed E-state index contributed by atoms with van der Waals surface area (Å²) in [6, 6.07) is 16.0. The van der Waals surface area contributed by atoms with Gasteiger partial charge in [0.2, 0.25) is 0 Å². The number of nitrogens with zero attached hydrogens (tertiary/aromatic N) is 2. The zero-order valence-electron chi connectivity index (χ0n) is 21.1. The number of aromatic nitrogens is 2. The minimum Gasteiger partial charge on any atom is -0.478 e. The molecule has 0 spiro atoms. The Morgan fingerprint density at radius 3 is 2.06 bits per heavy atom. The van der Waals surface area contributed by atoms with Crippen LogP contribution in [0.2, 0.25) is 0 Å². The Hall–Kier alpha value is -3.28. The molecule has 0 atom stereocenters. The third-order valence-corrected chi connectivity index (χ3v) is 6.15. The van der Waals surface area contributed by atoms with Gasteiger partial charge in [-0.2, -0.15) is 0 Å². The van der Waals surface area contributed by atoms with Gasteiger partial charge < -0.3 is 9.84 Å². The van der Waals surface area contributed by atoms with Crippen molar-refractivity contribution in [2.45, 2.75) is 71.4 Å². The van der Waals surface area contributed by atoms with E-state index < -0.39 is 11.6 Å². The monoisotopic (exact) mass is 464 g/mol. The quantitative estimate of drug-likeness (QED) is 0.486. The molecule has 182 valence electrons. The predicted molar refractivity (Wildman–Crippen MR) is 135 cm³/mol. The molecule has 0 saturated heterocycles. The van der Waals surface area contributed by atoms with Crippen LogP contribution in [0.5, 0.6) is 5.75 Å². The molecule has 0 aliphatic carbocycles. The highest BCUT2D eigenvalue weighted by atomic mass is 16.5. The Kier molecular flexibility index (Phi) is 7.39. The summed E-state index contributed by atoms with van der Waals surface area (Å²) in [5.41, 5.74) is 3.38. The number of benzene rings is 2. The number of ether oxygens (including phenoxy) is 1. The van der Waals surface area contributed by atoms with Gasteiger partial charge in [-0.05, 0) is 67.3 Å². The van der Waals surface area contributed by atoms with Crippen LogP contribution in [-0.4, -0.2) is 25.8 Å². The van der Waals surface area contributed by atoms with Gasteiger partial charge in [0.15, 0.2) is 5.60 Å². The maximum Gasteiger partial charge on any atom is 0.347 e. The van der Waals surface area contributed by atoms with E-state index in [1.54, 1.807) is 21.3 Å². The highest BCUT2D eigenvalue weighted by Gasteiger charge is 2.29. The van der Waals surface area contributed by atoms with E-state index in [9.17, 15) is 14.7 Å². The van der Waals surface area contributed by atoms with Crippen LogP contribution in [0.1, 0.15) is 63.4 Å². The molecule has 1 N–H and O–H groups in total. The molecule has 2 aromatic carbocycles. The standard InChI is InChI=1S/C28H36N2O4/c1-27(2,3)22-14-10-21(11-15-22)18-30-19-23(29(6)26(30)33)9-7-8-20-12-16-24(17-13-20)34-28(4,5)25(31)32/h10-17,19H,7-9,18H2,1-6H3,(H,31,32). The van der Waals surface area contributed by atoms with E-state index in [0.717, 1.165) is 36.1 Å². The fourth-order valence-corrected chi connectivity index (χ4v) is 3.83. The lowest BCUT2D eigenvalue weighted by Gasteiger charge is -2.21. The Morgan fingerprint density at radius 1 is 0.912 bits per heavy atom. The third kappa shape index (κ3) is 6.19. The molecule has 6 heteroatoms. The Balaban J connectivity index is 1.58. The number of rotatable bonds is 9. The summed E-state index contributed by atoms with van der Waals surface area (Å²) < 4.78 is 9.06. The zero-order chi connectivity index (χ0) is 25.1. The van der Waals surface area contributed by atoms with Gasteiger partial charge >= 0.3 is 11.7 Å². The first kappa shape index (κ1) is 25.3. The topological polar surface area (TPSA) is 73.5 Å². The van der Waals surface area contributed by atoms with Crippen LogP contribution >= 0.6 is 0 Å². The summed E-state index contributed by atoms with van der Waals surface area (Å²) >= 11 is 0. The fourth-order valence-electron chi connectivity index (χ4n) is 3.83. The van der Waals surface area contributed by atoms with Crippen molar-refractivity contribution in [2.24, 2.45) is 7.05 Å². The summed E-state index contributed by atoms with van der Waals surface area (Å²) in [6.45, 7) is 10.2. The van der Waals surface area contributed by atoms with Crippen molar-refractivity contribution in [3.05, 3.63) is 87.6 Å². The number of hydrogen-bond acceptors (Lipinski definition) is 3. The molecule has 0 amide bonds. The average molecular weight is 465 g/mol. The molecule has 0 aliphatic rings. The van der Waals surface area contributed by atoms with Crippen LogP contribution < -0.4 is 10.4 Å². The van der Waals surface area contributed by atoms with Crippen LogP contribution in [0.15, 0.2) is 59.5 Å². The molecule has 0 bridgehead atoms. The summed E-state index contributed by atoms with van der Waals surface area (Å²) in [5.74, 6) is -0.470. The van der Waals surface area contributed by atoms with Crippen molar-refractivity contribution in [2.75, 3.05) is 0 Å². The van der Waals surface area contributed by atoms with E-state index in [1.165, 1.54) is 19.4 Å². The Bertz CT molecular complexity index is 1180. The predicted octanol–water partition coefficient (Wildman–Crippen LogP) is 4.95. The van der Waals surface area contributed by atoms with Crippen molar-refractivity contribution in [1.29, 1.82) is 0 Å². The summed E-state index contributed by atoms with van der Waals surface area (Å²) in [5, 5.41) is 9.20. The number of carbonyl (C=O) groups is 1. The van der Waals surface area contributed by atoms with E-state index in [0.29, 0.717) is 12.3 Å². The highest BCUT2D eigenvalue weighted by molar-refractivity contribution is 5.76. The van der Waals surface area contributed by atoms with Crippen LogP contribution in [-0.2, 0) is 36.6 Å². The second-order valence-electron chi connectivity index (χ2n) is 10.5. The largest absolute Gasteiger partial charge is 0.478 e. The van der Waals surface area contributed by atoms with Crippen LogP contribution in [0.4, 0.5) is 0 Å². The number of aryl methyl sites for hydroxylation is 2. The molecule has 34 heavy (non-hydrogen) atoms. The lowest BCUT2D eigenvalue weighted by Crippen LogP contribution is -2.37. The van der Waals surface area contributed by atoms with Gasteiger partial charge in [0.25, 0.3) is 0 Å². The molecule has 1 heterocycles. The second-order valence-corrected chi connectivity index (χ2v) is 10.5. The van der Waals surface area contributed by atoms with E-state index in [4.69, 9.17) is 4.74 Å². The first-order valence-corrected chi connectivity index (χ1v) is 11.7. The maximum atomic E-state index is 12.7. The first-order chi connectivity index (χ1) is 15.9. The number of carboxylic acids is 1. The van der Waals surface area contributed by atoms with E-state index in [1.807, 2.05) is 25.4 Å². The SMILES string of the molecule is Cn1c(CCCc2ccc(OC(C)(C)C(=O)O)cc2)cn(Cc2ccc(C(C)(C)C)cc2)c1=O. The lowest BCUT2D eigenvalue weighted by molar-refractivity contribution is -0.152. The molecular formula is C28H36N2O4. The molecule has 0 unspecified atom stereocenters. The summed E-state index contributed by atoms with van der Waals surface area (Å²) in [4.78, 5) is 23.9. The van der Waals surface area contributed by atoms with Gasteiger partial charge in [-0.1, -0.05) is 57.2 Å². The highest BCUT2D eigenvalue weighted by Crippen LogP contribution is 2.23. The van der Waals surface area contributed by atoms with Gasteiger partial charge in [0.1, 0.15) is 5.75 Å². The molecule has 6 nitrogen and oxygen atoms in total. The van der Waals surface area contributed by atoms with Gasteiger partial charge in [-0.3, -0.25) is 9.13 Å². The van der Waals surface area contributed by atoms with E-state index >= 15 is 0 Å². The molecule has 0 fully saturated rings. The minimum absolute atomic E-state index is 0.00237. The third-order valence-electron chi connectivity index (χ3n) is 6.15. The zero-order valence-corrected chi connectivity index (χ0v) is 21.1. The lowest BCUT2D eigenvalue weighted by atomic mass is 9.87. The van der Waals surface area contributed by atoms with Crippen molar-refractivity contribution < 1.29 is 14.6 Å². The summed E-state index contributed by atoms with van der Waals surface area (Å²) in [7, 11) is 1.83. The molecule has 0 radical (unpaired) electrons. The number of carboxylic acid groups (broad SMARTS) is 1. The van der Waals surface area contributed by atoms with Crippen molar-refractivity contribution in [3.63, 3.8) is 0 Å². The molecule has 1 aromatic heterocycles. The van der Waals surface area contributed by atoms with Gasteiger partial charge in [-0.25, -0.2) is 9.59 Å². The molecule has 3 rings (SSSR count). The number of hydrogen-bond donors (Lipinski definition) is 1. The first-order valence-electron chi connectivity index (χ1n) is 11.7. The number of imidazole rings is 1. The van der Waals surface area contributed by atoms with Gasteiger partial charge in [-0.15, -0.1) is 0 Å². The molecule has 0 saturated carbocycles. The smallest absolute Gasteiger partial charge is 0.347 e.